The summed E-state index contributed by atoms with van der Waals surface area (Å²) in [5.74, 6) is 0.169. The number of ether oxygens (including phenoxy) is 1. The Balaban J connectivity index is 3.90. The molecule has 0 fully saturated rings. The summed E-state index contributed by atoms with van der Waals surface area (Å²) in [4.78, 5) is 11.5. The summed E-state index contributed by atoms with van der Waals surface area (Å²) < 4.78 is 5.25. The van der Waals surface area contributed by atoms with Crippen molar-refractivity contribution in [3.63, 3.8) is 0 Å². The van der Waals surface area contributed by atoms with Crippen molar-refractivity contribution in [2.75, 3.05) is 6.61 Å². The third kappa shape index (κ3) is 6.32. The third-order valence-corrected chi connectivity index (χ3v) is 2.30. The first-order valence-electron chi connectivity index (χ1n) is 5.71. The fraction of sp³-hybridized carbons (Fsp3) is 0.769. The molecule has 15 heavy (non-hydrogen) atoms. The van der Waals surface area contributed by atoms with Gasteiger partial charge in [0.25, 0.3) is 0 Å². The second kappa shape index (κ2) is 6.65. The summed E-state index contributed by atoms with van der Waals surface area (Å²) >= 11 is 0. The summed E-state index contributed by atoms with van der Waals surface area (Å²) in [6.07, 6.45) is 5.25. The maximum atomic E-state index is 11.5. The normalized spacial score (nSPS) is 13.3. The Kier molecular flexibility index (Phi) is 6.30. The van der Waals surface area contributed by atoms with Gasteiger partial charge in [-0.05, 0) is 27.2 Å². The highest BCUT2D eigenvalue weighted by Crippen LogP contribution is 2.17. The van der Waals surface area contributed by atoms with Gasteiger partial charge in [0.15, 0.2) is 0 Å². The minimum atomic E-state index is -0.406. The largest absolute Gasteiger partial charge is 0.465 e. The molecule has 0 saturated carbocycles. The van der Waals surface area contributed by atoms with Gasteiger partial charge in [0.05, 0.1) is 12.0 Å². The first-order valence-corrected chi connectivity index (χ1v) is 5.71. The highest BCUT2D eigenvalue weighted by atomic mass is 16.5. The minimum Gasteiger partial charge on any atom is -0.465 e. The van der Waals surface area contributed by atoms with Crippen LogP contribution >= 0.6 is 0 Å². The summed E-state index contributed by atoms with van der Waals surface area (Å²) in [6.45, 7) is 12.0. The Morgan fingerprint density at radius 2 is 2.07 bits per heavy atom. The molecule has 2 heteroatoms. The van der Waals surface area contributed by atoms with Gasteiger partial charge in [-0.1, -0.05) is 25.8 Å². The number of rotatable bonds is 6. The number of hydrogen-bond acceptors (Lipinski definition) is 2. The number of hydrogen-bond donors (Lipinski definition) is 0. The summed E-state index contributed by atoms with van der Waals surface area (Å²) in [5, 5.41) is 0. The van der Waals surface area contributed by atoms with Crippen LogP contribution in [0.3, 0.4) is 0 Å². The molecule has 0 spiro atoms. The zero-order chi connectivity index (χ0) is 11.9. The molecule has 0 aliphatic carbocycles. The molecule has 0 radical (unpaired) electrons. The van der Waals surface area contributed by atoms with Gasteiger partial charge in [-0.3, -0.25) is 4.79 Å². The molecule has 0 saturated heterocycles. The monoisotopic (exact) mass is 212 g/mol. The van der Waals surface area contributed by atoms with E-state index >= 15 is 0 Å². The molecule has 0 aliphatic heterocycles. The van der Waals surface area contributed by atoms with Crippen molar-refractivity contribution in [1.82, 2.24) is 0 Å². The summed E-state index contributed by atoms with van der Waals surface area (Å²) in [5.41, 5.74) is -0.406. The Bertz CT molecular complexity index is 201. The summed E-state index contributed by atoms with van der Waals surface area (Å²) in [6, 6.07) is 0. The molecule has 0 rings (SSSR count). The van der Waals surface area contributed by atoms with Gasteiger partial charge >= 0.3 is 5.97 Å². The van der Waals surface area contributed by atoms with Gasteiger partial charge in [0.1, 0.15) is 0 Å². The zero-order valence-corrected chi connectivity index (χ0v) is 10.5. The Labute approximate surface area is 93.7 Å². The first-order chi connectivity index (χ1) is 6.91. The van der Waals surface area contributed by atoms with Crippen LogP contribution in [0.2, 0.25) is 0 Å². The van der Waals surface area contributed by atoms with E-state index in [-0.39, 0.29) is 5.97 Å². The van der Waals surface area contributed by atoms with Gasteiger partial charge in [-0.2, -0.15) is 0 Å². The van der Waals surface area contributed by atoms with E-state index in [0.29, 0.717) is 12.5 Å². The van der Waals surface area contributed by atoms with Crippen LogP contribution < -0.4 is 0 Å². The fourth-order valence-corrected chi connectivity index (χ4v) is 1.13. The van der Waals surface area contributed by atoms with Crippen LogP contribution in [0.4, 0.5) is 0 Å². The van der Waals surface area contributed by atoms with Crippen LogP contribution in [0.1, 0.15) is 47.0 Å². The maximum absolute atomic E-state index is 11.5. The molecule has 2 nitrogen and oxygen atoms in total. The highest BCUT2D eigenvalue weighted by molar-refractivity contribution is 5.75. The zero-order valence-electron chi connectivity index (χ0n) is 10.5. The summed E-state index contributed by atoms with van der Waals surface area (Å²) in [7, 11) is 0. The van der Waals surface area contributed by atoms with E-state index in [2.05, 4.69) is 13.5 Å². The molecule has 1 unspecified atom stereocenters. The van der Waals surface area contributed by atoms with E-state index in [9.17, 15) is 4.79 Å². The van der Waals surface area contributed by atoms with Crippen LogP contribution in [0.15, 0.2) is 12.7 Å². The number of esters is 1. The lowest BCUT2D eigenvalue weighted by molar-refractivity contribution is -0.153. The smallest absolute Gasteiger partial charge is 0.311 e. The lowest BCUT2D eigenvalue weighted by Gasteiger charge is -2.19. The average molecular weight is 212 g/mol. The van der Waals surface area contributed by atoms with Crippen molar-refractivity contribution in [3.8, 4) is 0 Å². The van der Waals surface area contributed by atoms with Crippen LogP contribution in [0.25, 0.3) is 0 Å². The molecule has 0 bridgehead atoms. The molecule has 88 valence electrons. The molecule has 0 aromatic carbocycles. The van der Waals surface area contributed by atoms with Gasteiger partial charge in [-0.15, -0.1) is 6.58 Å². The first kappa shape index (κ1) is 14.2. The van der Waals surface area contributed by atoms with E-state index in [0.717, 1.165) is 19.3 Å². The van der Waals surface area contributed by atoms with E-state index in [4.69, 9.17) is 4.74 Å². The van der Waals surface area contributed by atoms with Gasteiger partial charge < -0.3 is 4.74 Å². The molecule has 0 aromatic heterocycles. The van der Waals surface area contributed by atoms with Crippen molar-refractivity contribution in [1.29, 1.82) is 0 Å². The lowest BCUT2D eigenvalue weighted by Crippen LogP contribution is -2.25. The maximum Gasteiger partial charge on any atom is 0.311 e. The van der Waals surface area contributed by atoms with Crippen molar-refractivity contribution >= 4 is 5.97 Å². The SMILES string of the molecule is C=CC(CCCC)COC(=O)C(C)(C)C. The highest BCUT2D eigenvalue weighted by Gasteiger charge is 2.23. The average Bonchev–Trinajstić information content (AvgIpc) is 2.16. The Morgan fingerprint density at radius 3 is 2.47 bits per heavy atom. The lowest BCUT2D eigenvalue weighted by atomic mass is 9.97. The van der Waals surface area contributed by atoms with Gasteiger partial charge in [0.2, 0.25) is 0 Å². The van der Waals surface area contributed by atoms with Gasteiger partial charge in [-0.25, -0.2) is 0 Å². The predicted molar refractivity (Wildman–Crippen MR) is 63.6 cm³/mol. The molecule has 0 amide bonds. The van der Waals surface area contributed by atoms with Crippen LogP contribution in [0.5, 0.6) is 0 Å². The van der Waals surface area contributed by atoms with E-state index in [1.807, 2.05) is 26.8 Å². The number of unbranched alkanes of at least 4 members (excludes halogenated alkanes) is 1. The van der Waals surface area contributed by atoms with E-state index in [1.54, 1.807) is 0 Å². The topological polar surface area (TPSA) is 26.3 Å². The number of carbonyl (C=O) groups is 1. The minimum absolute atomic E-state index is 0.133. The predicted octanol–water partition coefficient (Wildman–Crippen LogP) is 3.57. The number of carbonyl (C=O) groups excluding carboxylic acids is 1. The third-order valence-electron chi connectivity index (χ3n) is 2.30. The van der Waals surface area contributed by atoms with Crippen LogP contribution in [0, 0.1) is 11.3 Å². The second-order valence-electron chi connectivity index (χ2n) is 4.99. The molecule has 0 aromatic rings. The van der Waals surface area contributed by atoms with Crippen molar-refractivity contribution < 1.29 is 9.53 Å². The second-order valence-corrected chi connectivity index (χ2v) is 4.99. The quantitative estimate of drug-likeness (QED) is 0.497. The van der Waals surface area contributed by atoms with Gasteiger partial charge in [0, 0.05) is 5.92 Å². The fourth-order valence-electron chi connectivity index (χ4n) is 1.13. The van der Waals surface area contributed by atoms with Crippen molar-refractivity contribution in [3.05, 3.63) is 12.7 Å². The van der Waals surface area contributed by atoms with Crippen molar-refractivity contribution in [2.45, 2.75) is 47.0 Å². The standard InChI is InChI=1S/C13H24O2/c1-6-8-9-11(7-2)10-15-12(14)13(3,4)5/h7,11H,2,6,8-10H2,1,3-5H3. The molecular weight excluding hydrogens is 188 g/mol. The molecule has 0 heterocycles. The van der Waals surface area contributed by atoms with Crippen LogP contribution in [-0.2, 0) is 9.53 Å². The molecular formula is C13H24O2. The van der Waals surface area contributed by atoms with E-state index in [1.165, 1.54) is 0 Å². The molecule has 1 atom stereocenters. The Hall–Kier alpha value is -0.790. The Morgan fingerprint density at radius 1 is 1.47 bits per heavy atom. The van der Waals surface area contributed by atoms with Crippen LogP contribution in [-0.4, -0.2) is 12.6 Å². The molecule has 0 aliphatic rings. The van der Waals surface area contributed by atoms with Crippen molar-refractivity contribution in [2.24, 2.45) is 11.3 Å². The molecule has 0 N–H and O–H groups in total. The van der Waals surface area contributed by atoms with E-state index < -0.39 is 5.41 Å².